The van der Waals surface area contributed by atoms with Gasteiger partial charge in [-0.1, -0.05) is 84.9 Å². The average Bonchev–Trinajstić information content (AvgIpc) is 3.41. The van der Waals surface area contributed by atoms with Crippen molar-refractivity contribution in [3.8, 4) is 23.1 Å². The van der Waals surface area contributed by atoms with Crippen LogP contribution in [-0.2, 0) is 0 Å². The van der Waals surface area contributed by atoms with Gasteiger partial charge in [0.25, 0.3) is 0 Å². The molecule has 4 aromatic carbocycles. The molecule has 4 nitrogen and oxygen atoms in total. The summed E-state index contributed by atoms with van der Waals surface area (Å²) in [5.41, 5.74) is 3.88. The molecule has 5 aromatic rings. The van der Waals surface area contributed by atoms with Crippen LogP contribution in [-0.4, -0.2) is 17.4 Å². The molecule has 168 valence electrons. The summed E-state index contributed by atoms with van der Waals surface area (Å²) in [5, 5.41) is 14.7. The van der Waals surface area contributed by atoms with E-state index < -0.39 is 0 Å². The third kappa shape index (κ3) is 5.03. The van der Waals surface area contributed by atoms with Crippen LogP contribution >= 0.6 is 11.3 Å². The maximum Gasteiger partial charge on any atom is 0.200 e. The second-order valence-electron chi connectivity index (χ2n) is 7.88. The van der Waals surface area contributed by atoms with Gasteiger partial charge < -0.3 is 4.74 Å². The molecule has 0 saturated heterocycles. The van der Waals surface area contributed by atoms with Crippen molar-refractivity contribution in [2.45, 2.75) is 0 Å². The Bertz CT molecular complexity index is 1560. The van der Waals surface area contributed by atoms with E-state index >= 15 is 0 Å². The zero-order chi connectivity index (χ0) is 24.0. The van der Waals surface area contributed by atoms with Crippen molar-refractivity contribution in [1.29, 1.82) is 5.26 Å². The first-order valence-corrected chi connectivity index (χ1v) is 12.0. The number of fused-ring (bicyclic) bond motifs is 1. The molecule has 0 bridgehead atoms. The highest BCUT2D eigenvalue weighted by atomic mass is 32.1. The summed E-state index contributed by atoms with van der Waals surface area (Å²) >= 11 is 1.45. The lowest BCUT2D eigenvalue weighted by Crippen LogP contribution is -2.11. The van der Waals surface area contributed by atoms with Crippen molar-refractivity contribution in [2.75, 3.05) is 6.61 Å². The van der Waals surface area contributed by atoms with E-state index in [0.717, 1.165) is 27.6 Å². The van der Waals surface area contributed by atoms with Crippen molar-refractivity contribution in [2.24, 2.45) is 0 Å². The number of benzene rings is 4. The molecule has 0 aliphatic carbocycles. The summed E-state index contributed by atoms with van der Waals surface area (Å²) in [5.74, 6) is 0.518. The SMILES string of the molecule is N#CC(=Cc1ccc(OCC(=O)c2ccccc2)cc1)c1nc(-c2cccc3ccccc23)cs1. The summed E-state index contributed by atoms with van der Waals surface area (Å²) in [4.78, 5) is 17.0. The minimum Gasteiger partial charge on any atom is -0.485 e. The lowest BCUT2D eigenvalue weighted by atomic mass is 10.0. The Hall–Kier alpha value is -4.53. The van der Waals surface area contributed by atoms with Crippen LogP contribution in [0.4, 0.5) is 0 Å². The molecule has 5 rings (SSSR count). The van der Waals surface area contributed by atoms with Crippen molar-refractivity contribution >= 4 is 39.5 Å². The number of Topliss-reactive ketones (excluding diaryl/α,β-unsaturated/α-hetero) is 1. The molecule has 0 aliphatic heterocycles. The Labute approximate surface area is 207 Å². The van der Waals surface area contributed by atoms with Gasteiger partial charge >= 0.3 is 0 Å². The van der Waals surface area contributed by atoms with Crippen LogP contribution in [0, 0.1) is 11.3 Å². The maximum absolute atomic E-state index is 12.2. The molecular weight excluding hydrogens is 452 g/mol. The normalized spacial score (nSPS) is 11.2. The van der Waals surface area contributed by atoms with Crippen molar-refractivity contribution in [3.05, 3.63) is 119 Å². The Kier molecular flexibility index (Phi) is 6.47. The van der Waals surface area contributed by atoms with Gasteiger partial charge in [-0.3, -0.25) is 4.79 Å². The molecule has 1 heterocycles. The fraction of sp³-hybridized carbons (Fsp3) is 0.0333. The molecule has 0 unspecified atom stereocenters. The topological polar surface area (TPSA) is 63.0 Å². The average molecular weight is 473 g/mol. The van der Waals surface area contributed by atoms with E-state index in [2.05, 4.69) is 30.3 Å². The summed E-state index contributed by atoms with van der Waals surface area (Å²) in [6.07, 6.45) is 1.81. The fourth-order valence-electron chi connectivity index (χ4n) is 3.79. The summed E-state index contributed by atoms with van der Waals surface area (Å²) < 4.78 is 5.64. The minimum absolute atomic E-state index is 0.0291. The number of aromatic nitrogens is 1. The monoisotopic (exact) mass is 472 g/mol. The van der Waals surface area contributed by atoms with Gasteiger partial charge in [-0.15, -0.1) is 11.3 Å². The molecule has 0 fully saturated rings. The standard InChI is InChI=1S/C30H20N2O2S/c31-18-24(30-32-28(20-35-30)27-12-6-10-22-7-4-5-11-26(22)27)17-21-13-15-25(16-14-21)34-19-29(33)23-8-2-1-3-9-23/h1-17,20H,19H2. The first-order chi connectivity index (χ1) is 17.2. The highest BCUT2D eigenvalue weighted by Gasteiger charge is 2.12. The van der Waals surface area contributed by atoms with Crippen LogP contribution < -0.4 is 4.74 Å². The Morgan fingerprint density at radius 2 is 1.66 bits per heavy atom. The van der Waals surface area contributed by atoms with E-state index in [1.54, 1.807) is 24.3 Å². The third-order valence-corrected chi connectivity index (χ3v) is 6.45. The molecule has 0 amide bonds. The number of carbonyl (C=O) groups is 1. The van der Waals surface area contributed by atoms with Gasteiger partial charge in [0.15, 0.2) is 12.4 Å². The molecule has 0 N–H and O–H groups in total. The maximum atomic E-state index is 12.2. The number of nitriles is 1. The van der Waals surface area contributed by atoms with Crippen LogP contribution in [0.3, 0.4) is 0 Å². The predicted octanol–water partition coefficient (Wildman–Crippen LogP) is 7.29. The van der Waals surface area contributed by atoms with Gasteiger partial charge in [0.1, 0.15) is 16.8 Å². The molecule has 5 heteroatoms. The van der Waals surface area contributed by atoms with Gasteiger partial charge in [-0.05, 0) is 34.5 Å². The van der Waals surface area contributed by atoms with E-state index in [0.29, 0.717) is 21.9 Å². The molecule has 1 aromatic heterocycles. The number of thiazole rings is 1. The third-order valence-electron chi connectivity index (χ3n) is 5.58. The summed E-state index contributed by atoms with van der Waals surface area (Å²) in [7, 11) is 0. The Balaban J connectivity index is 1.32. The number of ether oxygens (including phenoxy) is 1. The Morgan fingerprint density at radius 3 is 2.46 bits per heavy atom. The highest BCUT2D eigenvalue weighted by molar-refractivity contribution is 7.11. The van der Waals surface area contributed by atoms with E-state index in [9.17, 15) is 10.1 Å². The minimum atomic E-state index is -0.0768. The molecule has 0 aliphatic rings. The second kappa shape index (κ2) is 10.2. The first kappa shape index (κ1) is 22.3. The zero-order valence-electron chi connectivity index (χ0n) is 18.7. The fourth-order valence-corrected chi connectivity index (χ4v) is 4.58. The van der Waals surface area contributed by atoms with Gasteiger partial charge in [-0.2, -0.15) is 5.26 Å². The van der Waals surface area contributed by atoms with Gasteiger partial charge in [0.05, 0.1) is 11.3 Å². The van der Waals surface area contributed by atoms with E-state index in [1.807, 2.05) is 60.0 Å². The van der Waals surface area contributed by atoms with Crippen LogP contribution in [0.1, 0.15) is 20.9 Å². The largest absolute Gasteiger partial charge is 0.485 e. The number of allylic oxidation sites excluding steroid dienone is 1. The molecule has 0 radical (unpaired) electrons. The molecular formula is C30H20N2O2S. The number of rotatable bonds is 7. The number of hydrogen-bond acceptors (Lipinski definition) is 5. The van der Waals surface area contributed by atoms with Gasteiger partial charge in [-0.25, -0.2) is 4.98 Å². The van der Waals surface area contributed by atoms with Gasteiger partial charge in [0, 0.05) is 16.5 Å². The van der Waals surface area contributed by atoms with E-state index in [4.69, 9.17) is 9.72 Å². The lowest BCUT2D eigenvalue weighted by Gasteiger charge is -2.06. The quantitative estimate of drug-likeness (QED) is 0.184. The second-order valence-corrected chi connectivity index (χ2v) is 8.74. The smallest absolute Gasteiger partial charge is 0.200 e. The van der Waals surface area contributed by atoms with E-state index in [-0.39, 0.29) is 12.4 Å². The van der Waals surface area contributed by atoms with Crippen molar-refractivity contribution in [1.82, 2.24) is 4.98 Å². The van der Waals surface area contributed by atoms with Crippen LogP contribution in [0.25, 0.3) is 33.7 Å². The molecule has 0 spiro atoms. The zero-order valence-corrected chi connectivity index (χ0v) is 19.5. The van der Waals surface area contributed by atoms with Gasteiger partial charge in [0.2, 0.25) is 0 Å². The highest BCUT2D eigenvalue weighted by Crippen LogP contribution is 2.32. The van der Waals surface area contributed by atoms with Crippen LogP contribution in [0.2, 0.25) is 0 Å². The number of hydrogen-bond donors (Lipinski definition) is 0. The summed E-state index contributed by atoms with van der Waals surface area (Å²) in [6, 6.07) is 33.0. The molecule has 0 saturated carbocycles. The predicted molar refractivity (Wildman–Crippen MR) is 141 cm³/mol. The number of ketones is 1. The summed E-state index contributed by atoms with van der Waals surface area (Å²) in [6.45, 7) is -0.0291. The van der Waals surface area contributed by atoms with Crippen molar-refractivity contribution < 1.29 is 9.53 Å². The number of nitrogens with zero attached hydrogens (tertiary/aromatic N) is 2. The Morgan fingerprint density at radius 1 is 0.914 bits per heavy atom. The van der Waals surface area contributed by atoms with Crippen LogP contribution in [0.5, 0.6) is 5.75 Å². The lowest BCUT2D eigenvalue weighted by molar-refractivity contribution is 0.0921. The number of carbonyl (C=O) groups excluding carboxylic acids is 1. The van der Waals surface area contributed by atoms with E-state index in [1.165, 1.54) is 11.3 Å². The molecule has 35 heavy (non-hydrogen) atoms. The van der Waals surface area contributed by atoms with Crippen molar-refractivity contribution in [3.63, 3.8) is 0 Å². The first-order valence-electron chi connectivity index (χ1n) is 11.1. The molecule has 0 atom stereocenters. The van der Waals surface area contributed by atoms with Crippen LogP contribution in [0.15, 0.2) is 102 Å².